The summed E-state index contributed by atoms with van der Waals surface area (Å²) < 4.78 is 17.3. The third-order valence-corrected chi connectivity index (χ3v) is 6.08. The van der Waals surface area contributed by atoms with Crippen LogP contribution in [0.3, 0.4) is 0 Å². The molecule has 0 saturated carbocycles. The number of anilines is 1. The van der Waals surface area contributed by atoms with Gasteiger partial charge in [-0.3, -0.25) is 9.69 Å². The van der Waals surface area contributed by atoms with Crippen molar-refractivity contribution in [1.82, 2.24) is 5.32 Å². The predicted octanol–water partition coefficient (Wildman–Crippen LogP) is 3.59. The lowest BCUT2D eigenvalue weighted by atomic mass is 9.79. The number of carbonyl (C=O) groups is 1. The van der Waals surface area contributed by atoms with Gasteiger partial charge in [-0.15, -0.1) is 0 Å². The summed E-state index contributed by atoms with van der Waals surface area (Å²) in [5, 5.41) is 3.87. The topological polar surface area (TPSA) is 60.0 Å². The van der Waals surface area contributed by atoms with Gasteiger partial charge in [-0.25, -0.2) is 0 Å². The maximum Gasteiger partial charge on any atom is 0.317 e. The van der Waals surface area contributed by atoms with Gasteiger partial charge in [-0.1, -0.05) is 37.3 Å². The molecule has 1 fully saturated rings. The molecule has 3 atom stereocenters. The van der Waals surface area contributed by atoms with E-state index in [-0.39, 0.29) is 12.0 Å². The lowest BCUT2D eigenvalue weighted by molar-refractivity contribution is -0.157. The number of benzene rings is 2. The van der Waals surface area contributed by atoms with Crippen molar-refractivity contribution in [2.45, 2.75) is 32.0 Å². The van der Waals surface area contributed by atoms with Crippen LogP contribution in [0.4, 0.5) is 5.69 Å². The van der Waals surface area contributed by atoms with Crippen LogP contribution in [0.2, 0.25) is 0 Å². The Labute approximate surface area is 175 Å². The van der Waals surface area contributed by atoms with E-state index in [4.69, 9.17) is 26.4 Å². The molecular formula is C22H24N2O4S. The van der Waals surface area contributed by atoms with Crippen molar-refractivity contribution in [3.63, 3.8) is 0 Å². The molecule has 2 bridgehead atoms. The number of aryl methyl sites for hydroxylation is 1. The number of ether oxygens (including phenoxy) is 3. The number of nitrogens with zero attached hydrogens (tertiary/aromatic N) is 1. The lowest BCUT2D eigenvalue weighted by Crippen LogP contribution is -2.71. The number of nitrogens with one attached hydrogen (secondary N) is 1. The third kappa shape index (κ3) is 2.83. The summed E-state index contributed by atoms with van der Waals surface area (Å²) in [7, 11) is 3.00. The van der Waals surface area contributed by atoms with Crippen LogP contribution in [-0.4, -0.2) is 31.0 Å². The summed E-state index contributed by atoms with van der Waals surface area (Å²) >= 11 is 5.76. The van der Waals surface area contributed by atoms with Gasteiger partial charge in [0.15, 0.2) is 16.6 Å². The van der Waals surface area contributed by atoms with Gasteiger partial charge in [0.2, 0.25) is 5.72 Å². The van der Waals surface area contributed by atoms with E-state index in [1.165, 1.54) is 7.11 Å². The molecule has 2 heterocycles. The monoisotopic (exact) mass is 412 g/mol. The average Bonchev–Trinajstić information content (AvgIpc) is 2.72. The molecule has 2 aliphatic rings. The largest absolute Gasteiger partial charge is 0.493 e. The molecule has 4 rings (SSSR count). The number of carbonyl (C=O) groups excluding carboxylic acids is 1. The van der Waals surface area contributed by atoms with Gasteiger partial charge in [0, 0.05) is 5.56 Å². The number of hydrogen-bond donors (Lipinski definition) is 1. The normalized spacial score (nSPS) is 24.8. The number of hydrogen-bond acceptors (Lipinski definition) is 5. The minimum Gasteiger partial charge on any atom is -0.493 e. The molecule has 1 saturated heterocycles. The Balaban J connectivity index is 1.96. The second-order valence-corrected chi connectivity index (χ2v) is 7.67. The Morgan fingerprint density at radius 1 is 1.24 bits per heavy atom. The Kier molecular flexibility index (Phi) is 4.86. The van der Waals surface area contributed by atoms with Crippen LogP contribution in [0.5, 0.6) is 11.5 Å². The highest BCUT2D eigenvalue weighted by Gasteiger charge is 2.60. The van der Waals surface area contributed by atoms with Crippen LogP contribution in [-0.2, 0) is 16.0 Å². The molecule has 0 amide bonds. The number of para-hydroxylation sites is 2. The van der Waals surface area contributed by atoms with E-state index in [2.05, 4.69) is 18.3 Å². The standard InChI is InChI=1S/C22H24N2O4S/c1-5-13-9-6-7-11-15(13)24-21(29)23-18-14-10-8-12-16(26-3)19(14)28-22(24,2)17(18)20(25)27-4/h6-12,17-18H,5H2,1-4H3,(H,23,29)/t17-,18-,22-/m0/s1. The molecule has 0 aliphatic carbocycles. The fourth-order valence-corrected chi connectivity index (χ4v) is 4.82. The van der Waals surface area contributed by atoms with E-state index >= 15 is 0 Å². The van der Waals surface area contributed by atoms with Crippen LogP contribution in [0, 0.1) is 5.92 Å². The molecule has 2 aromatic carbocycles. The van der Waals surface area contributed by atoms with Crippen molar-refractivity contribution < 1.29 is 19.0 Å². The quantitative estimate of drug-likeness (QED) is 0.608. The SMILES string of the molecule is CCc1ccccc1N1C(=S)N[C@H]2c3cccc(OC)c3O[C@@]1(C)[C@@H]2C(=O)OC. The molecule has 1 N–H and O–H groups in total. The molecule has 2 aliphatic heterocycles. The zero-order chi connectivity index (χ0) is 20.8. The van der Waals surface area contributed by atoms with Crippen molar-refractivity contribution >= 4 is 29.0 Å². The molecule has 0 aromatic heterocycles. The molecule has 152 valence electrons. The summed E-state index contributed by atoms with van der Waals surface area (Å²) in [6.45, 7) is 3.97. The van der Waals surface area contributed by atoms with E-state index in [1.54, 1.807) is 7.11 Å². The molecule has 29 heavy (non-hydrogen) atoms. The summed E-state index contributed by atoms with van der Waals surface area (Å²) in [5.74, 6) is 0.223. The van der Waals surface area contributed by atoms with E-state index in [1.807, 2.05) is 48.2 Å². The van der Waals surface area contributed by atoms with Crippen LogP contribution in [0.1, 0.15) is 31.0 Å². The molecule has 0 radical (unpaired) electrons. The van der Waals surface area contributed by atoms with Crippen LogP contribution < -0.4 is 19.7 Å². The zero-order valence-electron chi connectivity index (χ0n) is 16.9. The van der Waals surface area contributed by atoms with Crippen LogP contribution >= 0.6 is 12.2 Å². The Bertz CT molecular complexity index is 979. The smallest absolute Gasteiger partial charge is 0.317 e. The molecule has 2 aromatic rings. The first-order valence-electron chi connectivity index (χ1n) is 9.58. The van der Waals surface area contributed by atoms with E-state index < -0.39 is 11.6 Å². The van der Waals surface area contributed by atoms with Crippen molar-refractivity contribution in [3.05, 3.63) is 53.6 Å². The first-order valence-corrected chi connectivity index (χ1v) is 9.99. The van der Waals surface area contributed by atoms with Gasteiger partial charge < -0.3 is 19.5 Å². The highest BCUT2D eigenvalue weighted by molar-refractivity contribution is 7.80. The summed E-state index contributed by atoms with van der Waals surface area (Å²) in [6, 6.07) is 13.3. The van der Waals surface area contributed by atoms with Crippen molar-refractivity contribution in [1.29, 1.82) is 0 Å². The first kappa shape index (κ1) is 19.5. The third-order valence-electron chi connectivity index (χ3n) is 5.78. The van der Waals surface area contributed by atoms with Crippen molar-refractivity contribution in [3.8, 4) is 11.5 Å². The minimum absolute atomic E-state index is 0.361. The van der Waals surface area contributed by atoms with E-state index in [9.17, 15) is 4.79 Å². The summed E-state index contributed by atoms with van der Waals surface area (Å²) in [4.78, 5) is 14.8. The van der Waals surface area contributed by atoms with Gasteiger partial charge in [0.25, 0.3) is 0 Å². The Hall–Kier alpha value is -2.80. The number of thiocarbonyl (C=S) groups is 1. The van der Waals surface area contributed by atoms with Gasteiger partial charge >= 0.3 is 5.97 Å². The Morgan fingerprint density at radius 3 is 2.69 bits per heavy atom. The lowest BCUT2D eigenvalue weighted by Gasteiger charge is -2.55. The molecule has 0 spiro atoms. The number of methoxy groups -OCH3 is 2. The molecule has 7 heteroatoms. The second kappa shape index (κ2) is 7.22. The second-order valence-electron chi connectivity index (χ2n) is 7.28. The predicted molar refractivity (Wildman–Crippen MR) is 114 cm³/mol. The highest BCUT2D eigenvalue weighted by Crippen LogP contribution is 2.52. The molecule has 6 nitrogen and oxygen atoms in total. The maximum absolute atomic E-state index is 12.9. The number of esters is 1. The van der Waals surface area contributed by atoms with Crippen LogP contribution in [0.15, 0.2) is 42.5 Å². The van der Waals surface area contributed by atoms with Crippen LogP contribution in [0.25, 0.3) is 0 Å². The summed E-state index contributed by atoms with van der Waals surface area (Å²) in [6.07, 6.45) is 0.817. The molecular weight excluding hydrogens is 388 g/mol. The fourth-order valence-electron chi connectivity index (χ4n) is 4.41. The highest BCUT2D eigenvalue weighted by atomic mass is 32.1. The first-order chi connectivity index (χ1) is 14.0. The van der Waals surface area contributed by atoms with Gasteiger partial charge in [0.05, 0.1) is 25.9 Å². The van der Waals surface area contributed by atoms with Gasteiger partial charge in [-0.2, -0.15) is 0 Å². The number of rotatable bonds is 4. The van der Waals surface area contributed by atoms with Gasteiger partial charge in [0.1, 0.15) is 5.92 Å². The number of fused-ring (bicyclic) bond motifs is 4. The Morgan fingerprint density at radius 2 is 2.00 bits per heavy atom. The van der Waals surface area contributed by atoms with E-state index in [0.29, 0.717) is 16.6 Å². The minimum atomic E-state index is -1.09. The summed E-state index contributed by atoms with van der Waals surface area (Å²) in [5.41, 5.74) is 1.74. The van der Waals surface area contributed by atoms with Gasteiger partial charge in [-0.05, 0) is 43.3 Å². The fraction of sp³-hybridized carbons (Fsp3) is 0.364. The van der Waals surface area contributed by atoms with Crippen molar-refractivity contribution in [2.24, 2.45) is 5.92 Å². The van der Waals surface area contributed by atoms with Crippen molar-refractivity contribution in [2.75, 3.05) is 19.1 Å². The zero-order valence-corrected chi connectivity index (χ0v) is 17.7. The maximum atomic E-state index is 12.9. The van der Waals surface area contributed by atoms with E-state index in [0.717, 1.165) is 23.2 Å². The molecule has 0 unspecified atom stereocenters. The average molecular weight is 413 g/mol.